The molecule has 0 unspecified atom stereocenters. The van der Waals surface area contributed by atoms with Crippen LogP contribution >= 0.6 is 0 Å². The van der Waals surface area contributed by atoms with E-state index in [1.165, 1.54) is 12.8 Å². The third-order valence-corrected chi connectivity index (χ3v) is 2.95. The molecule has 1 amide bonds. The van der Waals surface area contributed by atoms with Crippen molar-refractivity contribution in [2.75, 3.05) is 24.5 Å². The summed E-state index contributed by atoms with van der Waals surface area (Å²) in [6, 6.07) is 7.69. The number of amides is 1. The molecule has 17 heavy (non-hydrogen) atoms. The standard InChI is InChI=1S/C14H16N2O/c1-2-9-15-14(17)12-7-3-4-8-13(12)16-10-5-6-11-16/h1,3-4,7-8H,5-6,9-11H2,(H,15,17). The Labute approximate surface area is 102 Å². The van der Waals surface area contributed by atoms with Crippen LogP contribution in [-0.4, -0.2) is 25.5 Å². The Hall–Kier alpha value is -1.95. The van der Waals surface area contributed by atoms with Gasteiger partial charge in [-0.25, -0.2) is 0 Å². The molecule has 1 fully saturated rings. The van der Waals surface area contributed by atoms with Gasteiger partial charge in [0, 0.05) is 18.8 Å². The second-order valence-electron chi connectivity index (χ2n) is 4.10. The molecular formula is C14H16N2O. The van der Waals surface area contributed by atoms with Gasteiger partial charge < -0.3 is 10.2 Å². The zero-order valence-corrected chi connectivity index (χ0v) is 9.78. The fourth-order valence-electron chi connectivity index (χ4n) is 2.13. The summed E-state index contributed by atoms with van der Waals surface area (Å²) >= 11 is 0. The molecule has 0 aliphatic carbocycles. The number of hydrogen-bond donors (Lipinski definition) is 1. The molecule has 88 valence electrons. The van der Waals surface area contributed by atoms with E-state index < -0.39 is 0 Å². The van der Waals surface area contributed by atoms with Crippen molar-refractivity contribution in [2.45, 2.75) is 12.8 Å². The lowest BCUT2D eigenvalue weighted by molar-refractivity contribution is 0.0959. The van der Waals surface area contributed by atoms with Crippen molar-refractivity contribution in [2.24, 2.45) is 0 Å². The van der Waals surface area contributed by atoms with Crippen LogP contribution in [0.15, 0.2) is 24.3 Å². The van der Waals surface area contributed by atoms with Crippen LogP contribution in [-0.2, 0) is 0 Å². The van der Waals surface area contributed by atoms with E-state index in [1.807, 2.05) is 24.3 Å². The first kappa shape index (κ1) is 11.5. The van der Waals surface area contributed by atoms with Gasteiger partial charge in [-0.3, -0.25) is 4.79 Å². The number of benzene rings is 1. The van der Waals surface area contributed by atoms with Gasteiger partial charge in [0.15, 0.2) is 0 Å². The second-order valence-corrected chi connectivity index (χ2v) is 4.10. The number of terminal acetylenes is 1. The van der Waals surface area contributed by atoms with Crippen molar-refractivity contribution >= 4 is 11.6 Å². The van der Waals surface area contributed by atoms with Gasteiger partial charge in [0.1, 0.15) is 0 Å². The van der Waals surface area contributed by atoms with E-state index in [1.54, 1.807) is 0 Å². The van der Waals surface area contributed by atoms with E-state index in [4.69, 9.17) is 6.42 Å². The molecule has 0 radical (unpaired) electrons. The molecule has 0 bridgehead atoms. The molecule has 2 rings (SSSR count). The van der Waals surface area contributed by atoms with Crippen LogP contribution < -0.4 is 10.2 Å². The average Bonchev–Trinajstić information content (AvgIpc) is 2.89. The molecule has 0 aromatic heterocycles. The molecule has 1 saturated heterocycles. The summed E-state index contributed by atoms with van der Waals surface area (Å²) in [6.45, 7) is 2.33. The third-order valence-electron chi connectivity index (χ3n) is 2.95. The smallest absolute Gasteiger partial charge is 0.254 e. The number of hydrogen-bond acceptors (Lipinski definition) is 2. The lowest BCUT2D eigenvalue weighted by atomic mass is 10.1. The number of anilines is 1. The summed E-state index contributed by atoms with van der Waals surface area (Å²) < 4.78 is 0. The van der Waals surface area contributed by atoms with Gasteiger partial charge in [-0.1, -0.05) is 18.1 Å². The Kier molecular flexibility index (Phi) is 3.66. The van der Waals surface area contributed by atoms with Crippen LogP contribution in [0.4, 0.5) is 5.69 Å². The summed E-state index contributed by atoms with van der Waals surface area (Å²) in [6.07, 6.45) is 7.53. The zero-order valence-electron chi connectivity index (χ0n) is 9.78. The van der Waals surface area contributed by atoms with Crippen molar-refractivity contribution in [3.63, 3.8) is 0 Å². The van der Waals surface area contributed by atoms with Gasteiger partial charge in [0.05, 0.1) is 12.1 Å². The normalized spacial score (nSPS) is 14.4. The number of nitrogens with zero attached hydrogens (tertiary/aromatic N) is 1. The Morgan fingerprint density at radius 3 is 2.76 bits per heavy atom. The van der Waals surface area contributed by atoms with Crippen LogP contribution in [0.2, 0.25) is 0 Å². The van der Waals surface area contributed by atoms with Crippen molar-refractivity contribution in [3.8, 4) is 12.3 Å². The molecule has 0 spiro atoms. The number of rotatable bonds is 3. The Bertz CT molecular complexity index is 442. The minimum absolute atomic E-state index is 0.0922. The van der Waals surface area contributed by atoms with Gasteiger partial charge >= 0.3 is 0 Å². The highest BCUT2D eigenvalue weighted by Gasteiger charge is 2.18. The summed E-state index contributed by atoms with van der Waals surface area (Å²) in [7, 11) is 0. The molecule has 3 heteroatoms. The SMILES string of the molecule is C#CCNC(=O)c1ccccc1N1CCCC1. The highest BCUT2D eigenvalue weighted by molar-refractivity contribution is 5.99. The molecular weight excluding hydrogens is 212 g/mol. The van der Waals surface area contributed by atoms with Crippen LogP contribution in [0.25, 0.3) is 0 Å². The molecule has 1 aromatic carbocycles. The van der Waals surface area contributed by atoms with Crippen molar-refractivity contribution < 1.29 is 4.79 Å². The molecule has 1 N–H and O–H groups in total. The van der Waals surface area contributed by atoms with Crippen LogP contribution in [0.5, 0.6) is 0 Å². The fourth-order valence-corrected chi connectivity index (χ4v) is 2.13. The first-order valence-electron chi connectivity index (χ1n) is 5.88. The first-order chi connectivity index (χ1) is 8.33. The monoisotopic (exact) mass is 228 g/mol. The number of carbonyl (C=O) groups excluding carboxylic acids is 1. The average molecular weight is 228 g/mol. The van der Waals surface area contributed by atoms with Crippen molar-refractivity contribution in [3.05, 3.63) is 29.8 Å². The predicted octanol–water partition coefficient (Wildman–Crippen LogP) is 1.65. The Balaban J connectivity index is 2.21. The Morgan fingerprint density at radius 2 is 2.06 bits per heavy atom. The molecule has 1 aliphatic rings. The highest BCUT2D eigenvalue weighted by atomic mass is 16.1. The van der Waals surface area contributed by atoms with Crippen molar-refractivity contribution in [1.29, 1.82) is 0 Å². The van der Waals surface area contributed by atoms with E-state index in [0.717, 1.165) is 18.8 Å². The summed E-state index contributed by atoms with van der Waals surface area (Å²) in [4.78, 5) is 14.2. The molecule has 1 aromatic rings. The zero-order chi connectivity index (χ0) is 12.1. The maximum atomic E-state index is 11.9. The van der Waals surface area contributed by atoms with Crippen LogP contribution in [0.3, 0.4) is 0 Å². The minimum Gasteiger partial charge on any atom is -0.371 e. The predicted molar refractivity (Wildman–Crippen MR) is 69.1 cm³/mol. The lowest BCUT2D eigenvalue weighted by Crippen LogP contribution is -2.27. The molecule has 1 aliphatic heterocycles. The maximum Gasteiger partial charge on any atom is 0.254 e. The van der Waals surface area contributed by atoms with Gasteiger partial charge in [0.2, 0.25) is 0 Å². The summed E-state index contributed by atoms with van der Waals surface area (Å²) in [5, 5.41) is 2.71. The molecule has 1 heterocycles. The minimum atomic E-state index is -0.0922. The van der Waals surface area contributed by atoms with Crippen molar-refractivity contribution in [1.82, 2.24) is 5.32 Å². The number of nitrogens with one attached hydrogen (secondary N) is 1. The van der Waals surface area contributed by atoms with Gasteiger partial charge in [-0.15, -0.1) is 6.42 Å². The van der Waals surface area contributed by atoms with E-state index >= 15 is 0 Å². The maximum absolute atomic E-state index is 11.9. The number of carbonyl (C=O) groups is 1. The van der Waals surface area contributed by atoms with E-state index in [2.05, 4.69) is 16.1 Å². The Morgan fingerprint density at radius 1 is 1.35 bits per heavy atom. The largest absolute Gasteiger partial charge is 0.371 e. The van der Waals surface area contributed by atoms with Gasteiger partial charge in [0.25, 0.3) is 5.91 Å². The summed E-state index contributed by atoms with van der Waals surface area (Å²) in [5.41, 5.74) is 1.73. The van der Waals surface area contributed by atoms with Crippen LogP contribution in [0.1, 0.15) is 23.2 Å². The van der Waals surface area contributed by atoms with Gasteiger partial charge in [-0.2, -0.15) is 0 Å². The molecule has 3 nitrogen and oxygen atoms in total. The first-order valence-corrected chi connectivity index (χ1v) is 5.88. The number of para-hydroxylation sites is 1. The quantitative estimate of drug-likeness (QED) is 0.798. The summed E-state index contributed by atoms with van der Waals surface area (Å²) in [5.74, 6) is 2.32. The van der Waals surface area contributed by atoms with E-state index in [9.17, 15) is 4.79 Å². The van der Waals surface area contributed by atoms with E-state index in [0.29, 0.717) is 5.56 Å². The van der Waals surface area contributed by atoms with Gasteiger partial charge in [-0.05, 0) is 25.0 Å². The van der Waals surface area contributed by atoms with E-state index in [-0.39, 0.29) is 12.5 Å². The molecule has 0 atom stereocenters. The van der Waals surface area contributed by atoms with Crippen LogP contribution in [0, 0.1) is 12.3 Å². The topological polar surface area (TPSA) is 32.3 Å². The third kappa shape index (κ3) is 2.59. The fraction of sp³-hybridized carbons (Fsp3) is 0.357. The molecule has 0 saturated carbocycles. The second kappa shape index (κ2) is 5.40. The highest BCUT2D eigenvalue weighted by Crippen LogP contribution is 2.24. The lowest BCUT2D eigenvalue weighted by Gasteiger charge is -2.20.